The van der Waals surface area contributed by atoms with Crippen molar-refractivity contribution in [3.8, 4) is 0 Å². The SMILES string of the molecule is Cc1ccc(S(=O)(=O)N(CC(=O)Nc2ccc(Cl)c(C(F)(F)F)c2)c2ccc(Cl)cc2)cc1. The molecule has 0 saturated heterocycles. The molecule has 0 bridgehead atoms. The zero-order chi connectivity index (χ0) is 24.4. The Bertz CT molecular complexity index is 1260. The Morgan fingerprint density at radius 3 is 2.15 bits per heavy atom. The highest BCUT2D eigenvalue weighted by Crippen LogP contribution is 2.36. The van der Waals surface area contributed by atoms with Gasteiger partial charge in [-0.15, -0.1) is 0 Å². The van der Waals surface area contributed by atoms with E-state index in [0.717, 1.165) is 15.9 Å². The number of benzene rings is 3. The van der Waals surface area contributed by atoms with E-state index in [1.165, 1.54) is 42.5 Å². The van der Waals surface area contributed by atoms with Crippen LogP contribution < -0.4 is 9.62 Å². The van der Waals surface area contributed by atoms with Crippen molar-refractivity contribution in [2.45, 2.75) is 18.0 Å². The first-order chi connectivity index (χ1) is 15.4. The van der Waals surface area contributed by atoms with E-state index in [0.29, 0.717) is 11.1 Å². The van der Waals surface area contributed by atoms with Gasteiger partial charge in [0.25, 0.3) is 10.0 Å². The smallest absolute Gasteiger partial charge is 0.324 e. The average Bonchev–Trinajstić information content (AvgIpc) is 2.73. The number of hydrogen-bond acceptors (Lipinski definition) is 3. The maximum Gasteiger partial charge on any atom is 0.417 e. The Balaban J connectivity index is 1.93. The van der Waals surface area contributed by atoms with Gasteiger partial charge in [0.15, 0.2) is 0 Å². The summed E-state index contributed by atoms with van der Waals surface area (Å²) >= 11 is 11.5. The van der Waals surface area contributed by atoms with Crippen LogP contribution in [0.3, 0.4) is 0 Å². The van der Waals surface area contributed by atoms with Crippen molar-refractivity contribution in [1.29, 1.82) is 0 Å². The zero-order valence-corrected chi connectivity index (χ0v) is 19.4. The molecule has 33 heavy (non-hydrogen) atoms. The van der Waals surface area contributed by atoms with Crippen molar-refractivity contribution in [2.75, 3.05) is 16.2 Å². The molecule has 5 nitrogen and oxygen atoms in total. The fourth-order valence-electron chi connectivity index (χ4n) is 2.91. The third-order valence-corrected chi connectivity index (χ3v) is 6.94. The van der Waals surface area contributed by atoms with Gasteiger partial charge in [0.1, 0.15) is 6.54 Å². The highest BCUT2D eigenvalue weighted by Gasteiger charge is 2.33. The summed E-state index contributed by atoms with van der Waals surface area (Å²) in [7, 11) is -4.18. The third-order valence-electron chi connectivity index (χ3n) is 4.57. The minimum Gasteiger partial charge on any atom is -0.324 e. The van der Waals surface area contributed by atoms with Crippen LogP contribution in [0.4, 0.5) is 24.5 Å². The van der Waals surface area contributed by atoms with E-state index >= 15 is 0 Å². The van der Waals surface area contributed by atoms with Crippen molar-refractivity contribution < 1.29 is 26.4 Å². The highest BCUT2D eigenvalue weighted by atomic mass is 35.5. The number of hydrogen-bond donors (Lipinski definition) is 1. The Morgan fingerprint density at radius 2 is 1.58 bits per heavy atom. The van der Waals surface area contributed by atoms with Gasteiger partial charge in [-0.1, -0.05) is 40.9 Å². The van der Waals surface area contributed by atoms with Crippen molar-refractivity contribution in [3.63, 3.8) is 0 Å². The number of rotatable bonds is 6. The van der Waals surface area contributed by atoms with E-state index in [2.05, 4.69) is 5.32 Å². The molecule has 11 heteroatoms. The molecule has 1 N–H and O–H groups in total. The van der Waals surface area contributed by atoms with E-state index in [1.807, 2.05) is 0 Å². The lowest BCUT2D eigenvalue weighted by atomic mass is 10.2. The molecule has 0 aliphatic carbocycles. The predicted molar refractivity (Wildman–Crippen MR) is 122 cm³/mol. The van der Waals surface area contributed by atoms with Crippen LogP contribution in [-0.4, -0.2) is 20.9 Å². The summed E-state index contributed by atoms with van der Waals surface area (Å²) in [5.74, 6) is -0.851. The van der Waals surface area contributed by atoms with Crippen molar-refractivity contribution in [1.82, 2.24) is 0 Å². The number of nitrogens with one attached hydrogen (secondary N) is 1. The van der Waals surface area contributed by atoms with Gasteiger partial charge in [0.2, 0.25) is 5.91 Å². The summed E-state index contributed by atoms with van der Waals surface area (Å²) in [5.41, 5.74) is -0.306. The molecule has 0 heterocycles. The number of carbonyl (C=O) groups is 1. The number of amides is 1. The maximum absolute atomic E-state index is 13.3. The van der Waals surface area contributed by atoms with Gasteiger partial charge >= 0.3 is 6.18 Å². The van der Waals surface area contributed by atoms with Crippen LogP contribution in [0.1, 0.15) is 11.1 Å². The molecule has 0 unspecified atom stereocenters. The van der Waals surface area contributed by atoms with Gasteiger partial charge in [-0.25, -0.2) is 8.42 Å². The topological polar surface area (TPSA) is 66.5 Å². The van der Waals surface area contributed by atoms with Crippen molar-refractivity contribution >= 4 is 50.5 Å². The van der Waals surface area contributed by atoms with Gasteiger partial charge in [-0.05, 0) is 61.5 Å². The number of anilines is 2. The highest BCUT2D eigenvalue weighted by molar-refractivity contribution is 7.92. The normalized spacial score (nSPS) is 11.8. The average molecular weight is 517 g/mol. The van der Waals surface area contributed by atoms with Crippen LogP contribution in [0.2, 0.25) is 10.0 Å². The molecule has 3 aromatic carbocycles. The van der Waals surface area contributed by atoms with Crippen LogP contribution in [0.5, 0.6) is 0 Å². The molecule has 0 radical (unpaired) electrons. The Labute approximate surface area is 198 Å². The molecule has 0 aliphatic heterocycles. The Kier molecular flexibility index (Phi) is 7.26. The number of carbonyl (C=O) groups excluding carboxylic acids is 1. The summed E-state index contributed by atoms with van der Waals surface area (Å²) in [4.78, 5) is 12.6. The molecular formula is C22H17Cl2F3N2O3S. The predicted octanol–water partition coefficient (Wildman–Crippen LogP) is 6.15. The van der Waals surface area contributed by atoms with Gasteiger partial charge in [0, 0.05) is 10.7 Å². The Morgan fingerprint density at radius 1 is 0.970 bits per heavy atom. The molecule has 0 spiro atoms. The lowest BCUT2D eigenvalue weighted by Gasteiger charge is -2.24. The van der Waals surface area contributed by atoms with E-state index in [1.54, 1.807) is 19.1 Å². The Hall–Kier alpha value is -2.75. The summed E-state index contributed by atoms with van der Waals surface area (Å²) in [6.45, 7) is 1.10. The van der Waals surface area contributed by atoms with E-state index in [-0.39, 0.29) is 16.3 Å². The lowest BCUT2D eigenvalue weighted by molar-refractivity contribution is -0.137. The first kappa shape index (κ1) is 24.9. The standard InChI is InChI=1S/C22H17Cl2F3N2O3S/c1-14-2-9-18(10-3-14)33(31,32)29(17-7-4-15(23)5-8-17)13-21(30)28-16-6-11-20(24)19(12-16)22(25,26)27/h2-12H,13H2,1H3,(H,28,30). The molecule has 3 rings (SSSR count). The number of halogens is 5. The summed E-state index contributed by atoms with van der Waals surface area (Å²) in [6.07, 6.45) is -4.72. The van der Waals surface area contributed by atoms with Crippen LogP contribution in [-0.2, 0) is 21.0 Å². The molecule has 0 atom stereocenters. The summed E-state index contributed by atoms with van der Waals surface area (Å²) in [6, 6.07) is 14.7. The second kappa shape index (κ2) is 9.62. The van der Waals surface area contributed by atoms with Gasteiger partial charge in [-0.2, -0.15) is 13.2 Å². The number of sulfonamides is 1. The summed E-state index contributed by atoms with van der Waals surface area (Å²) in [5, 5.41) is 2.13. The van der Waals surface area contributed by atoms with E-state index in [9.17, 15) is 26.4 Å². The fourth-order valence-corrected chi connectivity index (χ4v) is 4.68. The molecule has 1 amide bonds. The van der Waals surface area contributed by atoms with E-state index < -0.39 is 39.2 Å². The zero-order valence-electron chi connectivity index (χ0n) is 17.0. The summed E-state index contributed by atoms with van der Waals surface area (Å²) < 4.78 is 66.8. The van der Waals surface area contributed by atoms with Crippen LogP contribution in [0.25, 0.3) is 0 Å². The lowest BCUT2D eigenvalue weighted by Crippen LogP contribution is -2.38. The first-order valence-electron chi connectivity index (χ1n) is 9.39. The number of alkyl halides is 3. The van der Waals surface area contributed by atoms with Gasteiger partial charge in [0.05, 0.1) is 21.2 Å². The minimum absolute atomic E-state index is 0.0540. The minimum atomic E-state index is -4.72. The quantitative estimate of drug-likeness (QED) is 0.426. The first-order valence-corrected chi connectivity index (χ1v) is 11.6. The monoisotopic (exact) mass is 516 g/mol. The molecule has 3 aromatic rings. The van der Waals surface area contributed by atoms with Crippen molar-refractivity contribution in [3.05, 3.63) is 87.9 Å². The van der Waals surface area contributed by atoms with Gasteiger partial charge in [-0.3, -0.25) is 9.10 Å². The second-order valence-corrected chi connectivity index (χ2v) is 9.75. The number of nitrogens with zero attached hydrogens (tertiary/aromatic N) is 1. The fraction of sp³-hybridized carbons (Fsp3) is 0.136. The molecule has 174 valence electrons. The molecular weight excluding hydrogens is 500 g/mol. The molecule has 0 fully saturated rings. The van der Waals surface area contributed by atoms with Crippen LogP contribution in [0.15, 0.2) is 71.6 Å². The number of aryl methyl sites for hydroxylation is 1. The van der Waals surface area contributed by atoms with E-state index in [4.69, 9.17) is 23.2 Å². The van der Waals surface area contributed by atoms with Crippen molar-refractivity contribution in [2.24, 2.45) is 0 Å². The second-order valence-electron chi connectivity index (χ2n) is 7.04. The maximum atomic E-state index is 13.3. The third kappa shape index (κ3) is 5.98. The van der Waals surface area contributed by atoms with Gasteiger partial charge < -0.3 is 5.32 Å². The van der Waals surface area contributed by atoms with Crippen LogP contribution in [0, 0.1) is 6.92 Å². The largest absolute Gasteiger partial charge is 0.417 e. The molecule has 0 saturated carbocycles. The molecule has 0 aromatic heterocycles. The van der Waals surface area contributed by atoms with Crippen LogP contribution >= 0.6 is 23.2 Å². The molecule has 0 aliphatic rings.